The third-order valence-electron chi connectivity index (χ3n) is 2.61. The standard InChI is InChI=1S/C14H23N3/c1-6-7-17(5)14-8-12(4)16-10-13(14)9-15-11(2)3/h6,8,10-11,15H,1,7,9H2,2-5H3. The van der Waals surface area contributed by atoms with Crippen LogP contribution in [0.2, 0.25) is 0 Å². The Morgan fingerprint density at radius 2 is 2.24 bits per heavy atom. The molecule has 0 saturated heterocycles. The third kappa shape index (κ3) is 4.19. The summed E-state index contributed by atoms with van der Waals surface area (Å²) in [5.41, 5.74) is 3.50. The number of nitrogens with one attached hydrogen (secondary N) is 1. The number of hydrogen-bond acceptors (Lipinski definition) is 3. The van der Waals surface area contributed by atoms with Crippen molar-refractivity contribution in [1.82, 2.24) is 10.3 Å². The van der Waals surface area contributed by atoms with Crippen molar-refractivity contribution in [1.29, 1.82) is 0 Å². The van der Waals surface area contributed by atoms with Gasteiger partial charge in [-0.25, -0.2) is 0 Å². The third-order valence-corrected chi connectivity index (χ3v) is 2.61. The molecule has 0 unspecified atom stereocenters. The largest absolute Gasteiger partial charge is 0.371 e. The summed E-state index contributed by atoms with van der Waals surface area (Å²) in [5, 5.41) is 3.43. The molecule has 3 heteroatoms. The summed E-state index contributed by atoms with van der Waals surface area (Å²) in [5.74, 6) is 0. The van der Waals surface area contributed by atoms with Crippen LogP contribution in [0.3, 0.4) is 0 Å². The topological polar surface area (TPSA) is 28.2 Å². The number of aryl methyl sites for hydroxylation is 1. The second-order valence-electron chi connectivity index (χ2n) is 4.66. The van der Waals surface area contributed by atoms with Crippen LogP contribution in [0.1, 0.15) is 25.1 Å². The molecule has 94 valence electrons. The summed E-state index contributed by atoms with van der Waals surface area (Å²) in [7, 11) is 2.08. The van der Waals surface area contributed by atoms with Crippen LogP contribution in [0.4, 0.5) is 5.69 Å². The van der Waals surface area contributed by atoms with Crippen molar-refractivity contribution in [3.05, 3.63) is 36.2 Å². The Balaban J connectivity index is 2.90. The molecular weight excluding hydrogens is 210 g/mol. The van der Waals surface area contributed by atoms with Gasteiger partial charge in [0.15, 0.2) is 0 Å². The van der Waals surface area contributed by atoms with Crippen LogP contribution in [0.15, 0.2) is 24.9 Å². The quantitative estimate of drug-likeness (QED) is 0.765. The van der Waals surface area contributed by atoms with Crippen molar-refractivity contribution in [3.63, 3.8) is 0 Å². The highest BCUT2D eigenvalue weighted by molar-refractivity contribution is 5.53. The van der Waals surface area contributed by atoms with E-state index in [0.29, 0.717) is 6.04 Å². The molecule has 0 aromatic carbocycles. The summed E-state index contributed by atoms with van der Waals surface area (Å²) < 4.78 is 0. The molecule has 3 nitrogen and oxygen atoms in total. The molecule has 0 aliphatic carbocycles. The summed E-state index contributed by atoms with van der Waals surface area (Å²) in [6.45, 7) is 11.8. The number of nitrogens with zero attached hydrogens (tertiary/aromatic N) is 2. The van der Waals surface area contributed by atoms with E-state index in [9.17, 15) is 0 Å². The molecule has 0 aliphatic heterocycles. The lowest BCUT2D eigenvalue weighted by atomic mass is 10.2. The molecule has 1 aromatic heterocycles. The lowest BCUT2D eigenvalue weighted by molar-refractivity contribution is 0.587. The van der Waals surface area contributed by atoms with Crippen LogP contribution in [-0.4, -0.2) is 24.6 Å². The van der Waals surface area contributed by atoms with E-state index in [2.05, 4.69) is 48.7 Å². The first-order valence-corrected chi connectivity index (χ1v) is 6.05. The van der Waals surface area contributed by atoms with Crippen LogP contribution >= 0.6 is 0 Å². The van der Waals surface area contributed by atoms with Crippen molar-refractivity contribution in [2.75, 3.05) is 18.5 Å². The predicted molar refractivity (Wildman–Crippen MR) is 74.4 cm³/mol. The highest BCUT2D eigenvalue weighted by atomic mass is 15.1. The summed E-state index contributed by atoms with van der Waals surface area (Å²) in [6.07, 6.45) is 3.87. The van der Waals surface area contributed by atoms with Gasteiger partial charge in [-0.05, 0) is 13.0 Å². The van der Waals surface area contributed by atoms with Crippen molar-refractivity contribution >= 4 is 5.69 Å². The molecule has 0 bridgehead atoms. The Bertz CT molecular complexity index is 372. The van der Waals surface area contributed by atoms with E-state index in [0.717, 1.165) is 18.8 Å². The molecule has 17 heavy (non-hydrogen) atoms. The summed E-state index contributed by atoms with van der Waals surface area (Å²) in [4.78, 5) is 6.56. The first kappa shape index (κ1) is 13.7. The van der Waals surface area contributed by atoms with Gasteiger partial charge in [0.25, 0.3) is 0 Å². The lowest BCUT2D eigenvalue weighted by Gasteiger charge is -2.22. The summed E-state index contributed by atoms with van der Waals surface area (Å²) in [6, 6.07) is 2.61. The SMILES string of the molecule is C=CCN(C)c1cc(C)ncc1CNC(C)C. The molecule has 1 N–H and O–H groups in total. The zero-order valence-electron chi connectivity index (χ0n) is 11.3. The van der Waals surface area contributed by atoms with Gasteiger partial charge < -0.3 is 10.2 Å². The molecule has 1 aromatic rings. The Labute approximate surface area is 105 Å². The van der Waals surface area contributed by atoms with Gasteiger partial charge in [-0.15, -0.1) is 6.58 Å². The van der Waals surface area contributed by atoms with Gasteiger partial charge in [-0.3, -0.25) is 4.98 Å². The smallest absolute Gasteiger partial charge is 0.0445 e. The summed E-state index contributed by atoms with van der Waals surface area (Å²) >= 11 is 0. The van der Waals surface area contributed by atoms with Crippen LogP contribution < -0.4 is 10.2 Å². The van der Waals surface area contributed by atoms with Gasteiger partial charge in [0.1, 0.15) is 0 Å². The van der Waals surface area contributed by atoms with E-state index < -0.39 is 0 Å². The Hall–Kier alpha value is -1.35. The fourth-order valence-electron chi connectivity index (χ4n) is 1.67. The minimum atomic E-state index is 0.480. The van der Waals surface area contributed by atoms with Crippen LogP contribution in [0.5, 0.6) is 0 Å². The average Bonchev–Trinajstić information content (AvgIpc) is 2.27. The van der Waals surface area contributed by atoms with E-state index in [-0.39, 0.29) is 0 Å². The van der Waals surface area contributed by atoms with E-state index in [4.69, 9.17) is 0 Å². The fraction of sp³-hybridized carbons (Fsp3) is 0.500. The number of hydrogen-bond donors (Lipinski definition) is 1. The highest BCUT2D eigenvalue weighted by Crippen LogP contribution is 2.19. The van der Waals surface area contributed by atoms with Gasteiger partial charge in [0.05, 0.1) is 0 Å². The normalized spacial score (nSPS) is 10.6. The molecule has 0 saturated carbocycles. The Morgan fingerprint density at radius 3 is 2.82 bits per heavy atom. The maximum absolute atomic E-state index is 4.37. The monoisotopic (exact) mass is 233 g/mol. The fourth-order valence-corrected chi connectivity index (χ4v) is 1.67. The number of aromatic nitrogens is 1. The lowest BCUT2D eigenvalue weighted by Crippen LogP contribution is -2.25. The van der Waals surface area contributed by atoms with Crippen molar-refractivity contribution in [3.8, 4) is 0 Å². The number of pyridine rings is 1. The minimum Gasteiger partial charge on any atom is -0.371 e. The Morgan fingerprint density at radius 1 is 1.53 bits per heavy atom. The van der Waals surface area contributed by atoms with E-state index >= 15 is 0 Å². The second-order valence-corrected chi connectivity index (χ2v) is 4.66. The molecule has 0 fully saturated rings. The number of anilines is 1. The minimum absolute atomic E-state index is 0.480. The van der Waals surface area contributed by atoms with Gasteiger partial charge >= 0.3 is 0 Å². The van der Waals surface area contributed by atoms with E-state index in [1.54, 1.807) is 0 Å². The molecule has 0 amide bonds. The number of rotatable bonds is 6. The predicted octanol–water partition coefficient (Wildman–Crippen LogP) is 2.51. The zero-order chi connectivity index (χ0) is 12.8. The van der Waals surface area contributed by atoms with E-state index in [1.807, 2.05) is 19.2 Å². The zero-order valence-corrected chi connectivity index (χ0v) is 11.3. The maximum atomic E-state index is 4.37. The molecule has 0 atom stereocenters. The average molecular weight is 233 g/mol. The Kier molecular flexibility index (Phi) is 5.16. The molecule has 0 radical (unpaired) electrons. The van der Waals surface area contributed by atoms with E-state index in [1.165, 1.54) is 11.3 Å². The van der Waals surface area contributed by atoms with Crippen LogP contribution in [-0.2, 0) is 6.54 Å². The van der Waals surface area contributed by atoms with Gasteiger partial charge in [-0.1, -0.05) is 19.9 Å². The van der Waals surface area contributed by atoms with Crippen LogP contribution in [0, 0.1) is 6.92 Å². The van der Waals surface area contributed by atoms with Crippen LogP contribution in [0.25, 0.3) is 0 Å². The maximum Gasteiger partial charge on any atom is 0.0445 e. The molecule has 1 rings (SSSR count). The highest BCUT2D eigenvalue weighted by Gasteiger charge is 2.08. The molecular formula is C14H23N3. The van der Waals surface area contributed by atoms with Crippen molar-refractivity contribution in [2.24, 2.45) is 0 Å². The van der Waals surface area contributed by atoms with Crippen molar-refractivity contribution < 1.29 is 0 Å². The molecule has 0 aliphatic rings. The van der Waals surface area contributed by atoms with Gasteiger partial charge in [-0.2, -0.15) is 0 Å². The number of likely N-dealkylation sites (N-methyl/N-ethyl adjacent to an activating group) is 1. The first-order valence-electron chi connectivity index (χ1n) is 6.05. The van der Waals surface area contributed by atoms with Gasteiger partial charge in [0.2, 0.25) is 0 Å². The second kappa shape index (κ2) is 6.40. The molecule has 0 spiro atoms. The van der Waals surface area contributed by atoms with Gasteiger partial charge in [0, 0.05) is 49.3 Å². The molecule has 1 heterocycles. The first-order chi connectivity index (χ1) is 8.04. The van der Waals surface area contributed by atoms with Crippen molar-refractivity contribution in [2.45, 2.75) is 33.4 Å².